The molecule has 0 aromatic heterocycles. The fourth-order valence-electron chi connectivity index (χ4n) is 0.609. The lowest BCUT2D eigenvalue weighted by atomic mass is 10.1. The number of nitriles is 1. The van der Waals surface area contributed by atoms with E-state index in [9.17, 15) is 9.18 Å². The molecule has 48 valence electrons. The van der Waals surface area contributed by atoms with Crippen LogP contribution in [0.2, 0.25) is 0 Å². The van der Waals surface area contributed by atoms with E-state index in [1.165, 1.54) is 6.07 Å². The van der Waals surface area contributed by atoms with Gasteiger partial charge in [-0.15, -0.1) is 0 Å². The maximum Gasteiger partial charge on any atom is 0.327 e. The minimum atomic E-state index is -1.69. The Morgan fingerprint density at radius 2 is 2.44 bits per heavy atom. The first kappa shape index (κ1) is 6.02. The summed E-state index contributed by atoms with van der Waals surface area (Å²) in [4.78, 5) is 10.1. The zero-order valence-electron chi connectivity index (χ0n) is 4.47. The molecule has 0 heterocycles. The Morgan fingerprint density at radius 3 is 2.44 bits per heavy atom. The third-order valence-corrected chi connectivity index (χ3v) is 1.46. The summed E-state index contributed by atoms with van der Waals surface area (Å²) >= 11 is 0. The van der Waals surface area contributed by atoms with Gasteiger partial charge in [-0.05, 0) is 0 Å². The van der Waals surface area contributed by atoms with Gasteiger partial charge in [0.25, 0.3) is 0 Å². The number of carboxylic acids is 1. The molecule has 0 aromatic carbocycles. The smallest absolute Gasteiger partial charge is 0.327 e. The second-order valence-electron chi connectivity index (χ2n) is 2.06. The van der Waals surface area contributed by atoms with Crippen LogP contribution < -0.4 is 0 Å². The summed E-state index contributed by atoms with van der Waals surface area (Å²) in [6.07, 6.45) is -1.61. The van der Waals surface area contributed by atoms with Crippen molar-refractivity contribution in [2.45, 2.75) is 12.6 Å². The highest BCUT2D eigenvalue weighted by Crippen LogP contribution is 2.48. The number of nitrogens with zero attached hydrogens (tertiary/aromatic N) is 1. The Kier molecular flexibility index (Phi) is 0.962. The number of hydrogen-bond acceptors (Lipinski definition) is 2. The molecular formula is C5H4FNO2. The van der Waals surface area contributed by atoms with Gasteiger partial charge in [-0.3, -0.25) is 4.79 Å². The van der Waals surface area contributed by atoms with Gasteiger partial charge < -0.3 is 5.11 Å². The summed E-state index contributed by atoms with van der Waals surface area (Å²) in [5.41, 5.74) is -1.69. The lowest BCUT2D eigenvalue weighted by molar-refractivity contribution is -0.141. The van der Waals surface area contributed by atoms with E-state index >= 15 is 0 Å². The Labute approximate surface area is 50.7 Å². The van der Waals surface area contributed by atoms with E-state index < -0.39 is 17.6 Å². The van der Waals surface area contributed by atoms with E-state index in [1.54, 1.807) is 0 Å². The van der Waals surface area contributed by atoms with Crippen molar-refractivity contribution in [3.05, 3.63) is 0 Å². The van der Waals surface area contributed by atoms with Crippen molar-refractivity contribution in [1.82, 2.24) is 0 Å². The van der Waals surface area contributed by atoms with Crippen LogP contribution >= 0.6 is 0 Å². The highest BCUT2D eigenvalue weighted by molar-refractivity contribution is 5.82. The first-order valence-electron chi connectivity index (χ1n) is 2.42. The van der Waals surface area contributed by atoms with Crippen molar-refractivity contribution >= 4 is 5.97 Å². The average Bonchev–Trinajstić information content (AvgIpc) is 2.43. The van der Waals surface area contributed by atoms with Gasteiger partial charge in [0.05, 0.1) is 6.07 Å². The molecule has 1 N–H and O–H groups in total. The molecule has 2 atom stereocenters. The molecule has 1 aliphatic carbocycles. The molecule has 0 aliphatic heterocycles. The first-order chi connectivity index (χ1) is 4.13. The Balaban J connectivity index is 2.77. The van der Waals surface area contributed by atoms with Crippen LogP contribution in [-0.2, 0) is 4.79 Å². The second kappa shape index (κ2) is 1.44. The Hall–Kier alpha value is -1.11. The van der Waals surface area contributed by atoms with Crippen molar-refractivity contribution < 1.29 is 14.3 Å². The summed E-state index contributed by atoms with van der Waals surface area (Å²) in [6.45, 7) is 0. The van der Waals surface area contributed by atoms with Gasteiger partial charge in [-0.2, -0.15) is 5.26 Å². The van der Waals surface area contributed by atoms with Crippen LogP contribution in [0.5, 0.6) is 0 Å². The molecule has 0 radical (unpaired) electrons. The number of hydrogen-bond donors (Lipinski definition) is 1. The van der Waals surface area contributed by atoms with Crippen LogP contribution in [-0.4, -0.2) is 17.2 Å². The van der Waals surface area contributed by atoms with Gasteiger partial charge in [-0.1, -0.05) is 0 Å². The highest BCUT2D eigenvalue weighted by Gasteiger charge is 2.63. The Bertz CT molecular complexity index is 198. The molecule has 0 aromatic rings. The van der Waals surface area contributed by atoms with E-state index in [0.717, 1.165) is 0 Å². The molecule has 0 amide bonds. The maximum atomic E-state index is 12.1. The second-order valence-corrected chi connectivity index (χ2v) is 2.06. The number of carbonyl (C=O) groups is 1. The summed E-state index contributed by atoms with van der Waals surface area (Å²) in [5.74, 6) is -1.35. The summed E-state index contributed by atoms with van der Waals surface area (Å²) in [7, 11) is 0. The van der Waals surface area contributed by atoms with Gasteiger partial charge in [0, 0.05) is 6.42 Å². The minimum Gasteiger partial charge on any atom is -0.480 e. The number of halogens is 1. The largest absolute Gasteiger partial charge is 0.480 e. The molecule has 1 aliphatic rings. The molecule has 4 heteroatoms. The van der Waals surface area contributed by atoms with Crippen LogP contribution in [0.15, 0.2) is 0 Å². The van der Waals surface area contributed by atoms with Crippen molar-refractivity contribution in [1.29, 1.82) is 5.26 Å². The maximum absolute atomic E-state index is 12.1. The van der Waals surface area contributed by atoms with E-state index in [2.05, 4.69) is 0 Å². The quantitative estimate of drug-likeness (QED) is 0.554. The lowest BCUT2D eigenvalue weighted by Crippen LogP contribution is -2.15. The van der Waals surface area contributed by atoms with Crippen LogP contribution in [0.4, 0.5) is 4.39 Å². The molecule has 0 spiro atoms. The van der Waals surface area contributed by atoms with Crippen molar-refractivity contribution in [3.8, 4) is 6.07 Å². The van der Waals surface area contributed by atoms with Gasteiger partial charge >= 0.3 is 5.97 Å². The normalized spacial score (nSPS) is 39.3. The fourth-order valence-corrected chi connectivity index (χ4v) is 0.609. The van der Waals surface area contributed by atoms with E-state index in [0.29, 0.717) is 0 Å². The molecule has 0 saturated heterocycles. The summed E-state index contributed by atoms with van der Waals surface area (Å²) < 4.78 is 12.1. The molecular weight excluding hydrogens is 125 g/mol. The van der Waals surface area contributed by atoms with E-state index in [4.69, 9.17) is 10.4 Å². The first-order valence-corrected chi connectivity index (χ1v) is 2.42. The fraction of sp³-hybridized carbons (Fsp3) is 0.600. The van der Waals surface area contributed by atoms with Crippen LogP contribution in [0.3, 0.4) is 0 Å². The van der Waals surface area contributed by atoms with Crippen molar-refractivity contribution in [3.63, 3.8) is 0 Å². The standard InChI is InChI=1S/C5H4FNO2/c6-3-1-5(3,2-7)4(8)9/h3H,1H2,(H,8,9)/t3-,5+/m0/s1. The highest BCUT2D eigenvalue weighted by atomic mass is 19.1. The topological polar surface area (TPSA) is 61.1 Å². The number of rotatable bonds is 1. The van der Waals surface area contributed by atoms with Crippen LogP contribution in [0.25, 0.3) is 0 Å². The van der Waals surface area contributed by atoms with Crippen LogP contribution in [0.1, 0.15) is 6.42 Å². The van der Waals surface area contributed by atoms with E-state index in [1.807, 2.05) is 0 Å². The molecule has 1 saturated carbocycles. The third-order valence-electron chi connectivity index (χ3n) is 1.46. The van der Waals surface area contributed by atoms with Gasteiger partial charge in [0.1, 0.15) is 6.17 Å². The molecule has 0 bridgehead atoms. The minimum absolute atomic E-state index is 0.154. The molecule has 9 heavy (non-hydrogen) atoms. The SMILES string of the molecule is N#C[C@]1(C(=O)O)C[C@@H]1F. The zero-order chi connectivity index (χ0) is 7.07. The molecule has 1 rings (SSSR count). The van der Waals surface area contributed by atoms with E-state index in [-0.39, 0.29) is 6.42 Å². The predicted molar refractivity (Wildman–Crippen MR) is 25.2 cm³/mol. The van der Waals surface area contributed by atoms with Gasteiger partial charge in [-0.25, -0.2) is 4.39 Å². The third kappa shape index (κ3) is 0.578. The van der Waals surface area contributed by atoms with Gasteiger partial charge in [0.15, 0.2) is 5.41 Å². The predicted octanol–water partition coefficient (Wildman–Crippen LogP) is 0.323. The average molecular weight is 129 g/mol. The Morgan fingerprint density at radius 1 is 2.00 bits per heavy atom. The number of carboxylic acid groups (broad SMARTS) is 1. The molecule has 1 fully saturated rings. The lowest BCUT2D eigenvalue weighted by Gasteiger charge is -1.92. The van der Waals surface area contributed by atoms with Crippen LogP contribution in [0, 0.1) is 16.7 Å². The van der Waals surface area contributed by atoms with Crippen molar-refractivity contribution in [2.24, 2.45) is 5.41 Å². The summed E-state index contributed by atoms with van der Waals surface area (Å²) in [5, 5.41) is 16.3. The number of alkyl halides is 1. The number of aliphatic carboxylic acids is 1. The molecule has 3 nitrogen and oxygen atoms in total. The summed E-state index contributed by atoms with van der Waals surface area (Å²) in [6, 6.07) is 1.43. The van der Waals surface area contributed by atoms with Gasteiger partial charge in [0.2, 0.25) is 0 Å². The van der Waals surface area contributed by atoms with Crippen molar-refractivity contribution in [2.75, 3.05) is 0 Å². The monoisotopic (exact) mass is 129 g/mol. The molecule has 0 unspecified atom stereocenters. The zero-order valence-corrected chi connectivity index (χ0v) is 4.47.